The highest BCUT2D eigenvalue weighted by Gasteiger charge is 2.26. The van der Waals surface area contributed by atoms with E-state index in [0.29, 0.717) is 4.75 Å². The Kier molecular flexibility index (Phi) is 8.43. The molecule has 0 nitrogen and oxygen atoms in total. The van der Waals surface area contributed by atoms with Gasteiger partial charge in [-0.1, -0.05) is 77.6 Å². The van der Waals surface area contributed by atoms with Crippen LogP contribution < -0.4 is 0 Å². The minimum Gasteiger partial charge on any atom is -0.173 e. The fourth-order valence-corrected chi connectivity index (χ4v) is 3.52. The van der Waals surface area contributed by atoms with E-state index in [1.807, 2.05) is 0 Å². The maximum Gasteiger partial charge on any atom is 0.0130 e. The molecule has 102 valence electrons. The molecular weight excluding hydrogens is 224 g/mol. The van der Waals surface area contributed by atoms with Crippen LogP contribution in [-0.4, -0.2) is 4.75 Å². The van der Waals surface area contributed by atoms with E-state index < -0.39 is 0 Å². The average molecular weight is 256 g/mol. The van der Waals surface area contributed by atoms with Crippen molar-refractivity contribution in [3.8, 4) is 0 Å². The molecule has 1 aliphatic carbocycles. The van der Waals surface area contributed by atoms with Crippen molar-refractivity contribution in [1.29, 1.82) is 0 Å². The zero-order chi connectivity index (χ0) is 12.4. The fraction of sp³-hybridized carbons (Fsp3) is 1.00. The first-order valence-corrected chi connectivity index (χ1v) is 8.44. The molecule has 1 rings (SSSR count). The highest BCUT2D eigenvalue weighted by atomic mass is 32.1. The maximum absolute atomic E-state index is 4.92. The van der Waals surface area contributed by atoms with E-state index in [4.69, 9.17) is 12.6 Å². The molecule has 1 aliphatic rings. The molecule has 0 unspecified atom stereocenters. The maximum atomic E-state index is 4.92. The van der Waals surface area contributed by atoms with Gasteiger partial charge in [0.15, 0.2) is 0 Å². The minimum atomic E-state index is 0.417. The van der Waals surface area contributed by atoms with Gasteiger partial charge in [-0.2, -0.15) is 12.6 Å². The van der Waals surface area contributed by atoms with Crippen LogP contribution in [0.3, 0.4) is 0 Å². The molecular formula is C16H32S. The number of unbranched alkanes of at least 4 members (excludes halogenated alkanes) is 7. The number of hydrogen-bond acceptors (Lipinski definition) is 1. The highest BCUT2D eigenvalue weighted by molar-refractivity contribution is 7.81. The van der Waals surface area contributed by atoms with Crippen LogP contribution in [-0.2, 0) is 0 Å². The lowest BCUT2D eigenvalue weighted by Gasteiger charge is -2.32. The molecule has 0 radical (unpaired) electrons. The van der Waals surface area contributed by atoms with Crippen LogP contribution in [0.15, 0.2) is 0 Å². The quantitative estimate of drug-likeness (QED) is 0.371. The normalized spacial score (nSPS) is 19.4. The summed E-state index contributed by atoms with van der Waals surface area (Å²) in [6.07, 6.45) is 19.8. The number of thiol groups is 1. The topological polar surface area (TPSA) is 0 Å². The Balaban J connectivity index is 1.89. The van der Waals surface area contributed by atoms with Crippen molar-refractivity contribution in [1.82, 2.24) is 0 Å². The van der Waals surface area contributed by atoms with E-state index in [2.05, 4.69) is 6.92 Å². The van der Waals surface area contributed by atoms with Crippen molar-refractivity contribution >= 4 is 12.6 Å². The predicted octanol–water partition coefficient (Wildman–Crippen LogP) is 6.15. The second-order valence-corrected chi connectivity index (χ2v) is 6.96. The summed E-state index contributed by atoms with van der Waals surface area (Å²) in [5.74, 6) is 0. The van der Waals surface area contributed by atoms with E-state index in [9.17, 15) is 0 Å². The summed E-state index contributed by atoms with van der Waals surface area (Å²) in [5, 5.41) is 0. The smallest absolute Gasteiger partial charge is 0.0130 e. The van der Waals surface area contributed by atoms with E-state index in [-0.39, 0.29) is 0 Å². The summed E-state index contributed by atoms with van der Waals surface area (Å²) in [4.78, 5) is 0. The summed E-state index contributed by atoms with van der Waals surface area (Å²) in [6.45, 7) is 2.29. The zero-order valence-corrected chi connectivity index (χ0v) is 12.7. The zero-order valence-electron chi connectivity index (χ0n) is 11.8. The molecule has 0 N–H and O–H groups in total. The molecule has 17 heavy (non-hydrogen) atoms. The third kappa shape index (κ3) is 7.39. The van der Waals surface area contributed by atoms with Crippen LogP contribution >= 0.6 is 12.6 Å². The molecule has 0 aromatic heterocycles. The van der Waals surface area contributed by atoms with Crippen LogP contribution in [0.1, 0.15) is 96.8 Å². The summed E-state index contributed by atoms with van der Waals surface area (Å²) < 4.78 is 0.417. The molecule has 0 bridgehead atoms. The van der Waals surface area contributed by atoms with Gasteiger partial charge in [0.1, 0.15) is 0 Å². The molecule has 0 spiro atoms. The van der Waals surface area contributed by atoms with Gasteiger partial charge in [-0.3, -0.25) is 0 Å². The van der Waals surface area contributed by atoms with Crippen molar-refractivity contribution in [3.05, 3.63) is 0 Å². The Bertz CT molecular complexity index is 170. The highest BCUT2D eigenvalue weighted by Crippen LogP contribution is 2.37. The standard InChI is InChI=1S/C16H32S/c1-2-3-4-5-6-7-8-10-13-16(17)14-11-9-12-15-16/h17H,2-15H2,1H3. The summed E-state index contributed by atoms with van der Waals surface area (Å²) >= 11 is 4.92. The minimum absolute atomic E-state index is 0.417. The van der Waals surface area contributed by atoms with Gasteiger partial charge in [-0.25, -0.2) is 0 Å². The largest absolute Gasteiger partial charge is 0.173 e. The first kappa shape index (κ1) is 15.4. The van der Waals surface area contributed by atoms with Crippen LogP contribution in [0.25, 0.3) is 0 Å². The van der Waals surface area contributed by atoms with E-state index in [1.54, 1.807) is 0 Å². The Hall–Kier alpha value is 0.350. The van der Waals surface area contributed by atoms with Gasteiger partial charge >= 0.3 is 0 Å². The van der Waals surface area contributed by atoms with Crippen LogP contribution in [0, 0.1) is 0 Å². The molecule has 0 saturated heterocycles. The monoisotopic (exact) mass is 256 g/mol. The molecule has 0 amide bonds. The molecule has 1 heteroatoms. The van der Waals surface area contributed by atoms with Gasteiger partial charge in [-0.05, 0) is 19.3 Å². The van der Waals surface area contributed by atoms with Crippen molar-refractivity contribution in [2.45, 2.75) is 102 Å². The van der Waals surface area contributed by atoms with E-state index in [0.717, 1.165) is 0 Å². The van der Waals surface area contributed by atoms with Gasteiger partial charge in [0, 0.05) is 4.75 Å². The van der Waals surface area contributed by atoms with Gasteiger partial charge < -0.3 is 0 Å². The average Bonchev–Trinajstić information content (AvgIpc) is 2.33. The molecule has 1 saturated carbocycles. The van der Waals surface area contributed by atoms with Crippen molar-refractivity contribution < 1.29 is 0 Å². The molecule has 0 atom stereocenters. The van der Waals surface area contributed by atoms with Crippen LogP contribution in [0.5, 0.6) is 0 Å². The third-order valence-electron chi connectivity index (χ3n) is 4.28. The Labute approximate surface area is 114 Å². The summed E-state index contributed by atoms with van der Waals surface area (Å²) in [6, 6.07) is 0. The Morgan fingerprint density at radius 1 is 0.765 bits per heavy atom. The van der Waals surface area contributed by atoms with Crippen LogP contribution in [0.4, 0.5) is 0 Å². The summed E-state index contributed by atoms with van der Waals surface area (Å²) in [5.41, 5.74) is 0. The van der Waals surface area contributed by atoms with E-state index in [1.165, 1.54) is 89.9 Å². The second kappa shape index (κ2) is 9.30. The lowest BCUT2D eigenvalue weighted by Crippen LogP contribution is -2.24. The molecule has 0 heterocycles. The van der Waals surface area contributed by atoms with Gasteiger partial charge in [0.2, 0.25) is 0 Å². The van der Waals surface area contributed by atoms with Crippen molar-refractivity contribution in [2.24, 2.45) is 0 Å². The number of rotatable bonds is 9. The molecule has 0 aliphatic heterocycles. The predicted molar refractivity (Wildman–Crippen MR) is 82.0 cm³/mol. The van der Waals surface area contributed by atoms with Crippen LogP contribution in [0.2, 0.25) is 0 Å². The van der Waals surface area contributed by atoms with Crippen molar-refractivity contribution in [2.75, 3.05) is 0 Å². The van der Waals surface area contributed by atoms with E-state index >= 15 is 0 Å². The number of hydrogen-bond donors (Lipinski definition) is 1. The Morgan fingerprint density at radius 3 is 1.88 bits per heavy atom. The SMILES string of the molecule is CCCCCCCCCCC1(S)CCCCC1. The molecule has 0 aromatic rings. The molecule has 1 fully saturated rings. The second-order valence-electron chi connectivity index (χ2n) is 6.01. The molecule has 0 aromatic carbocycles. The van der Waals surface area contributed by atoms with Gasteiger partial charge in [0.25, 0.3) is 0 Å². The van der Waals surface area contributed by atoms with Gasteiger partial charge in [0.05, 0.1) is 0 Å². The summed E-state index contributed by atoms with van der Waals surface area (Å²) in [7, 11) is 0. The lowest BCUT2D eigenvalue weighted by atomic mass is 9.84. The fourth-order valence-electron chi connectivity index (χ4n) is 3.05. The Morgan fingerprint density at radius 2 is 1.29 bits per heavy atom. The first-order chi connectivity index (χ1) is 8.27. The van der Waals surface area contributed by atoms with Gasteiger partial charge in [-0.15, -0.1) is 0 Å². The third-order valence-corrected chi connectivity index (χ3v) is 4.95. The van der Waals surface area contributed by atoms with Crippen molar-refractivity contribution in [3.63, 3.8) is 0 Å². The lowest BCUT2D eigenvalue weighted by molar-refractivity contribution is 0.368. The first-order valence-electron chi connectivity index (χ1n) is 7.99.